The first kappa shape index (κ1) is 15.4. The van der Waals surface area contributed by atoms with Gasteiger partial charge in [0.1, 0.15) is 0 Å². The largest absolute Gasteiger partial charge is 0.398 e. The molecule has 18 heavy (non-hydrogen) atoms. The van der Waals surface area contributed by atoms with Crippen LogP contribution in [-0.2, 0) is 14.8 Å². The molecule has 3 N–H and O–H groups in total. The Morgan fingerprint density at radius 3 is 2.67 bits per heavy atom. The summed E-state index contributed by atoms with van der Waals surface area (Å²) in [5.74, 6) is 0. The van der Waals surface area contributed by atoms with Crippen molar-refractivity contribution >= 4 is 31.6 Å². The van der Waals surface area contributed by atoms with Crippen molar-refractivity contribution < 1.29 is 13.2 Å². The van der Waals surface area contributed by atoms with Crippen molar-refractivity contribution in [3.05, 3.63) is 22.2 Å². The first-order valence-electron chi connectivity index (χ1n) is 5.36. The minimum absolute atomic E-state index is 0.187. The number of anilines is 1. The van der Waals surface area contributed by atoms with Gasteiger partial charge in [-0.05, 0) is 47.5 Å². The van der Waals surface area contributed by atoms with E-state index in [4.69, 9.17) is 10.5 Å². The number of hydrogen-bond acceptors (Lipinski definition) is 4. The van der Waals surface area contributed by atoms with Crippen LogP contribution in [0.3, 0.4) is 0 Å². The summed E-state index contributed by atoms with van der Waals surface area (Å²) in [7, 11) is -2.04. The standard InChI is InChI=1S/C11H17BrN2O3S/c1-7-4-9(12)10(13)5-11(7)18(15,16)14-6-8(2)17-3/h4-5,8,14H,6,13H2,1-3H3. The van der Waals surface area contributed by atoms with Gasteiger partial charge in [-0.1, -0.05) is 0 Å². The highest BCUT2D eigenvalue weighted by molar-refractivity contribution is 9.10. The molecule has 1 aromatic carbocycles. The molecule has 0 radical (unpaired) electrons. The molecule has 0 saturated carbocycles. The van der Waals surface area contributed by atoms with Crippen LogP contribution in [0, 0.1) is 6.92 Å². The molecule has 0 heterocycles. The topological polar surface area (TPSA) is 81.4 Å². The molecule has 1 aromatic rings. The number of ether oxygens (including phenoxy) is 1. The lowest BCUT2D eigenvalue weighted by Crippen LogP contribution is -2.32. The van der Waals surface area contributed by atoms with E-state index in [-0.39, 0.29) is 17.5 Å². The van der Waals surface area contributed by atoms with Crippen LogP contribution >= 0.6 is 15.9 Å². The van der Waals surface area contributed by atoms with E-state index in [2.05, 4.69) is 20.7 Å². The first-order valence-corrected chi connectivity index (χ1v) is 7.63. The molecule has 1 atom stereocenters. The maximum Gasteiger partial charge on any atom is 0.240 e. The molecule has 102 valence electrons. The highest BCUT2D eigenvalue weighted by Crippen LogP contribution is 2.26. The van der Waals surface area contributed by atoms with Gasteiger partial charge in [0.2, 0.25) is 10.0 Å². The van der Waals surface area contributed by atoms with Gasteiger partial charge in [-0.15, -0.1) is 0 Å². The predicted octanol–water partition coefficient (Wildman–Crippen LogP) is 1.65. The van der Waals surface area contributed by atoms with E-state index in [1.807, 2.05) is 0 Å². The lowest BCUT2D eigenvalue weighted by molar-refractivity contribution is 0.122. The second kappa shape index (κ2) is 6.01. The fourth-order valence-electron chi connectivity index (χ4n) is 1.35. The number of nitrogens with one attached hydrogen (secondary N) is 1. The summed E-state index contributed by atoms with van der Waals surface area (Å²) >= 11 is 3.26. The molecule has 7 heteroatoms. The number of aryl methyl sites for hydroxylation is 1. The summed E-state index contributed by atoms with van der Waals surface area (Å²) in [6.07, 6.45) is -0.187. The zero-order chi connectivity index (χ0) is 13.9. The second-order valence-corrected chi connectivity index (χ2v) is 6.63. The number of benzene rings is 1. The van der Waals surface area contributed by atoms with Crippen LogP contribution in [0.2, 0.25) is 0 Å². The predicted molar refractivity (Wildman–Crippen MR) is 75.0 cm³/mol. The fourth-order valence-corrected chi connectivity index (χ4v) is 3.18. The Balaban J connectivity index is 3.02. The molecule has 0 fully saturated rings. The van der Waals surface area contributed by atoms with Gasteiger partial charge in [-0.25, -0.2) is 13.1 Å². The Kier molecular flexibility index (Phi) is 5.15. The van der Waals surface area contributed by atoms with Crippen LogP contribution in [0.25, 0.3) is 0 Å². The van der Waals surface area contributed by atoms with Crippen molar-refractivity contribution in [2.24, 2.45) is 0 Å². The van der Waals surface area contributed by atoms with Gasteiger partial charge in [0.15, 0.2) is 0 Å². The molecule has 0 aliphatic rings. The van der Waals surface area contributed by atoms with E-state index in [0.717, 1.165) is 0 Å². The SMILES string of the molecule is COC(C)CNS(=O)(=O)c1cc(N)c(Br)cc1C. The Labute approximate surface area is 116 Å². The van der Waals surface area contributed by atoms with Crippen LogP contribution in [-0.4, -0.2) is 28.2 Å². The molecular weight excluding hydrogens is 320 g/mol. The van der Waals surface area contributed by atoms with Crippen LogP contribution in [0.5, 0.6) is 0 Å². The third kappa shape index (κ3) is 3.68. The van der Waals surface area contributed by atoms with Gasteiger partial charge in [0.25, 0.3) is 0 Å². The maximum absolute atomic E-state index is 12.1. The molecule has 0 aliphatic carbocycles. The van der Waals surface area contributed by atoms with E-state index < -0.39 is 10.0 Å². The molecule has 0 spiro atoms. The van der Waals surface area contributed by atoms with E-state index >= 15 is 0 Å². The minimum atomic E-state index is -3.57. The Morgan fingerprint density at radius 1 is 1.50 bits per heavy atom. The smallest absolute Gasteiger partial charge is 0.240 e. The Hall–Kier alpha value is -0.630. The molecule has 0 saturated heterocycles. The van der Waals surface area contributed by atoms with Crippen LogP contribution in [0.4, 0.5) is 5.69 Å². The molecule has 0 aromatic heterocycles. The number of nitrogen functional groups attached to an aromatic ring is 1. The Morgan fingerprint density at radius 2 is 2.11 bits per heavy atom. The van der Waals surface area contributed by atoms with E-state index in [1.54, 1.807) is 19.9 Å². The van der Waals surface area contributed by atoms with Gasteiger partial charge >= 0.3 is 0 Å². The van der Waals surface area contributed by atoms with Crippen LogP contribution in [0.1, 0.15) is 12.5 Å². The Bertz CT molecular complexity index is 531. The van der Waals surface area contributed by atoms with E-state index in [1.165, 1.54) is 13.2 Å². The average Bonchev–Trinajstić information content (AvgIpc) is 2.30. The molecule has 0 aliphatic heterocycles. The normalized spacial score (nSPS) is 13.6. The van der Waals surface area contributed by atoms with Crippen molar-refractivity contribution in [3.8, 4) is 0 Å². The molecule has 0 bridgehead atoms. The lowest BCUT2D eigenvalue weighted by Gasteiger charge is -2.13. The van der Waals surface area contributed by atoms with Gasteiger partial charge in [0, 0.05) is 23.8 Å². The number of rotatable bonds is 5. The van der Waals surface area contributed by atoms with E-state index in [0.29, 0.717) is 15.7 Å². The third-order valence-electron chi connectivity index (χ3n) is 2.55. The summed E-state index contributed by atoms with van der Waals surface area (Å²) < 4.78 is 32.4. The van der Waals surface area contributed by atoms with Crippen molar-refractivity contribution in [2.45, 2.75) is 24.8 Å². The van der Waals surface area contributed by atoms with Crippen molar-refractivity contribution in [2.75, 3.05) is 19.4 Å². The van der Waals surface area contributed by atoms with Gasteiger partial charge in [0.05, 0.1) is 11.0 Å². The quantitative estimate of drug-likeness (QED) is 0.801. The highest BCUT2D eigenvalue weighted by Gasteiger charge is 2.18. The third-order valence-corrected chi connectivity index (χ3v) is 4.80. The highest BCUT2D eigenvalue weighted by atomic mass is 79.9. The van der Waals surface area contributed by atoms with Crippen molar-refractivity contribution in [1.82, 2.24) is 4.72 Å². The summed E-state index contributed by atoms with van der Waals surface area (Å²) in [6.45, 7) is 3.72. The summed E-state index contributed by atoms with van der Waals surface area (Å²) in [6, 6.07) is 3.13. The molecular formula is C11H17BrN2O3S. The summed E-state index contributed by atoms with van der Waals surface area (Å²) in [5, 5.41) is 0. The summed E-state index contributed by atoms with van der Waals surface area (Å²) in [4.78, 5) is 0.187. The molecule has 1 unspecified atom stereocenters. The summed E-state index contributed by atoms with van der Waals surface area (Å²) in [5.41, 5.74) is 6.73. The number of methoxy groups -OCH3 is 1. The number of nitrogens with two attached hydrogens (primary N) is 1. The zero-order valence-corrected chi connectivity index (χ0v) is 12.9. The second-order valence-electron chi connectivity index (χ2n) is 4.04. The maximum atomic E-state index is 12.1. The van der Waals surface area contributed by atoms with Gasteiger partial charge in [-0.3, -0.25) is 0 Å². The van der Waals surface area contributed by atoms with Gasteiger partial charge < -0.3 is 10.5 Å². The monoisotopic (exact) mass is 336 g/mol. The van der Waals surface area contributed by atoms with E-state index in [9.17, 15) is 8.42 Å². The van der Waals surface area contributed by atoms with Crippen molar-refractivity contribution in [3.63, 3.8) is 0 Å². The number of sulfonamides is 1. The van der Waals surface area contributed by atoms with Crippen LogP contribution < -0.4 is 10.5 Å². The van der Waals surface area contributed by atoms with Crippen molar-refractivity contribution in [1.29, 1.82) is 0 Å². The first-order chi connectivity index (χ1) is 8.27. The molecule has 5 nitrogen and oxygen atoms in total. The zero-order valence-electron chi connectivity index (χ0n) is 10.5. The minimum Gasteiger partial charge on any atom is -0.398 e. The lowest BCUT2D eigenvalue weighted by atomic mass is 10.2. The fraction of sp³-hybridized carbons (Fsp3) is 0.455. The van der Waals surface area contributed by atoms with Gasteiger partial charge in [-0.2, -0.15) is 0 Å². The number of hydrogen-bond donors (Lipinski definition) is 2. The molecule has 1 rings (SSSR count). The van der Waals surface area contributed by atoms with Crippen LogP contribution in [0.15, 0.2) is 21.5 Å². The average molecular weight is 337 g/mol. The number of halogens is 1. The molecule has 0 amide bonds.